The van der Waals surface area contributed by atoms with Crippen molar-refractivity contribution < 1.29 is 28.3 Å². The van der Waals surface area contributed by atoms with Crippen LogP contribution in [-0.2, 0) is 25.7 Å². The lowest BCUT2D eigenvalue weighted by molar-refractivity contribution is -0.122. The molecule has 4 aromatic rings. The van der Waals surface area contributed by atoms with Gasteiger partial charge in [-0.05, 0) is 73.2 Å². The van der Waals surface area contributed by atoms with Crippen LogP contribution < -0.4 is 20.0 Å². The topological polar surface area (TPSA) is 118 Å². The Kier molecular flexibility index (Phi) is 8.53. The molecule has 13 heteroatoms. The van der Waals surface area contributed by atoms with Crippen LogP contribution in [0.1, 0.15) is 33.6 Å². The molecule has 3 aromatic carbocycles. The third-order valence-electron chi connectivity index (χ3n) is 7.88. The Morgan fingerprint density at radius 2 is 1.61 bits per heavy atom. The van der Waals surface area contributed by atoms with E-state index < -0.39 is 51.5 Å². The van der Waals surface area contributed by atoms with Crippen LogP contribution >= 0.6 is 23.1 Å². The number of nitrogens with one attached hydrogen (secondary N) is 1. The van der Waals surface area contributed by atoms with Gasteiger partial charge in [0.25, 0.3) is 0 Å². The second kappa shape index (κ2) is 12.6. The van der Waals surface area contributed by atoms with E-state index in [9.17, 15) is 28.4 Å². The van der Waals surface area contributed by atoms with Gasteiger partial charge in [0.05, 0.1) is 28.8 Å². The number of esters is 1. The Hall–Kier alpha value is -4.75. The average molecular weight is 661 g/mol. The number of rotatable bonds is 8. The van der Waals surface area contributed by atoms with Gasteiger partial charge in [-0.3, -0.25) is 23.7 Å². The number of benzene rings is 3. The molecular weight excluding hydrogens is 632 g/mol. The zero-order valence-electron chi connectivity index (χ0n) is 25.1. The quantitative estimate of drug-likeness (QED) is 0.213. The Labute approximate surface area is 271 Å². The van der Waals surface area contributed by atoms with E-state index in [2.05, 4.69) is 5.32 Å². The number of hydrogen-bond acceptors (Lipinski definition) is 9. The highest BCUT2D eigenvalue weighted by molar-refractivity contribution is 8.00. The molecule has 1 fully saturated rings. The molecule has 3 amide bonds. The lowest BCUT2D eigenvalue weighted by Gasteiger charge is -2.31. The van der Waals surface area contributed by atoms with E-state index in [4.69, 9.17) is 4.74 Å². The van der Waals surface area contributed by atoms with E-state index in [0.717, 1.165) is 39.2 Å². The molecule has 0 radical (unpaired) electrons. The van der Waals surface area contributed by atoms with Crippen molar-refractivity contribution in [3.63, 3.8) is 0 Å². The van der Waals surface area contributed by atoms with Crippen molar-refractivity contribution in [1.29, 1.82) is 0 Å². The van der Waals surface area contributed by atoms with Gasteiger partial charge in [-0.1, -0.05) is 35.2 Å². The van der Waals surface area contributed by atoms with Crippen molar-refractivity contribution in [2.75, 3.05) is 35.8 Å². The van der Waals surface area contributed by atoms with Gasteiger partial charge in [-0.2, -0.15) is 0 Å². The monoisotopic (exact) mass is 660 g/mol. The number of aromatic nitrogens is 1. The molecule has 3 atom stereocenters. The largest absolute Gasteiger partial charge is 0.462 e. The highest BCUT2D eigenvalue weighted by atomic mass is 32.2. The van der Waals surface area contributed by atoms with Crippen LogP contribution in [0.2, 0.25) is 0 Å². The number of carbonyl (C=O) groups is 4. The first kappa shape index (κ1) is 31.2. The lowest BCUT2D eigenvalue weighted by atomic mass is 9.83. The number of nitrogens with zero attached hydrogens (tertiary/aromatic N) is 3. The first-order chi connectivity index (χ1) is 22.1. The molecule has 0 bridgehead atoms. The molecule has 1 saturated heterocycles. The predicted molar refractivity (Wildman–Crippen MR) is 174 cm³/mol. The lowest BCUT2D eigenvalue weighted by Crippen LogP contribution is -2.33. The Bertz CT molecular complexity index is 1890. The van der Waals surface area contributed by atoms with Gasteiger partial charge in [0.2, 0.25) is 17.7 Å². The maximum Gasteiger partial charge on any atom is 0.338 e. The molecule has 6 rings (SSSR count). The van der Waals surface area contributed by atoms with Crippen LogP contribution in [0.15, 0.2) is 82.6 Å². The summed E-state index contributed by atoms with van der Waals surface area (Å²) in [6.45, 7) is 1.58. The minimum absolute atomic E-state index is 0.213. The maximum atomic E-state index is 14.2. The Balaban J connectivity index is 1.38. The number of thiazole rings is 1. The zero-order chi connectivity index (χ0) is 32.7. The normalized spacial score (nSPS) is 18.6. The molecule has 46 heavy (non-hydrogen) atoms. The summed E-state index contributed by atoms with van der Waals surface area (Å²) in [5.41, 5.74) is 2.67. The van der Waals surface area contributed by atoms with Crippen LogP contribution in [0.25, 0.3) is 0 Å². The summed E-state index contributed by atoms with van der Waals surface area (Å²) in [6.07, 6.45) is 0. The summed E-state index contributed by atoms with van der Waals surface area (Å²) < 4.78 is 19.7. The van der Waals surface area contributed by atoms with Crippen molar-refractivity contribution in [3.8, 4) is 0 Å². The molecule has 2 unspecified atom stereocenters. The number of fused-ring (bicyclic) bond motifs is 2. The van der Waals surface area contributed by atoms with Crippen LogP contribution in [0.5, 0.6) is 0 Å². The minimum atomic E-state index is -0.872. The zero-order valence-corrected chi connectivity index (χ0v) is 26.7. The van der Waals surface area contributed by atoms with E-state index in [1.54, 1.807) is 6.92 Å². The fourth-order valence-corrected chi connectivity index (χ4v) is 8.46. The highest BCUT2D eigenvalue weighted by Gasteiger charge is 2.56. The van der Waals surface area contributed by atoms with Crippen LogP contribution in [0.4, 0.5) is 21.5 Å². The van der Waals surface area contributed by atoms with Crippen LogP contribution in [0.3, 0.4) is 0 Å². The van der Waals surface area contributed by atoms with Crippen molar-refractivity contribution in [2.45, 2.75) is 29.7 Å². The fourth-order valence-electron chi connectivity index (χ4n) is 5.69. The van der Waals surface area contributed by atoms with Crippen LogP contribution in [0, 0.1) is 11.7 Å². The van der Waals surface area contributed by atoms with E-state index in [1.165, 1.54) is 53.1 Å². The van der Waals surface area contributed by atoms with Gasteiger partial charge in [-0.15, -0.1) is 0 Å². The second-order valence-corrected chi connectivity index (χ2v) is 13.1. The smallest absolute Gasteiger partial charge is 0.338 e. The van der Waals surface area contributed by atoms with E-state index >= 15 is 0 Å². The molecule has 1 aromatic heterocycles. The van der Waals surface area contributed by atoms with Gasteiger partial charge in [0.1, 0.15) is 17.6 Å². The molecule has 0 spiro atoms. The maximum absolute atomic E-state index is 14.2. The van der Waals surface area contributed by atoms with Crippen molar-refractivity contribution in [3.05, 3.63) is 104 Å². The standard InChI is InChI=1S/C33H29FN4O6S2/c1-4-44-32(42)19-7-15-23(16-8-19)38-29(40)26-25(18-5-13-22(14-6-18)36(2)3)28-31(45-27(26)30(38)41)37(33(43)46-28)17-24(39)35-21-11-9-20(34)10-12-21/h5-16,25-27H,4,17H2,1-3H3,(H,35,39)/t25-,26?,27?/m1/s1. The van der Waals surface area contributed by atoms with Gasteiger partial charge >= 0.3 is 10.8 Å². The fraction of sp³-hybridized carbons (Fsp3) is 0.242. The summed E-state index contributed by atoms with van der Waals surface area (Å²) in [5.74, 6) is -3.77. The third-order valence-corrected chi connectivity index (χ3v) is 10.5. The summed E-state index contributed by atoms with van der Waals surface area (Å²) in [4.78, 5) is 70.0. The molecule has 3 heterocycles. The minimum Gasteiger partial charge on any atom is -0.462 e. The third kappa shape index (κ3) is 5.71. The molecule has 2 aliphatic rings. The SMILES string of the molecule is CCOC(=O)c1ccc(N2C(=O)C3Sc4c(sc(=O)n4CC(=O)Nc4ccc(F)cc4)[C@H](c4ccc(N(C)C)cc4)C3C2=O)cc1. The number of ether oxygens (including phenoxy) is 1. The number of anilines is 3. The molecule has 1 N–H and O–H groups in total. The number of thioether (sulfide) groups is 1. The number of imide groups is 1. The van der Waals surface area contributed by atoms with E-state index in [0.29, 0.717) is 26.8 Å². The highest BCUT2D eigenvalue weighted by Crippen LogP contribution is 2.54. The molecule has 10 nitrogen and oxygen atoms in total. The summed E-state index contributed by atoms with van der Waals surface area (Å²) in [7, 11) is 3.82. The molecule has 236 valence electrons. The van der Waals surface area contributed by atoms with Gasteiger partial charge < -0.3 is 15.0 Å². The summed E-state index contributed by atoms with van der Waals surface area (Å²) in [6, 6.07) is 19.0. The summed E-state index contributed by atoms with van der Waals surface area (Å²) >= 11 is 2.06. The molecule has 0 aliphatic carbocycles. The molecular formula is C33H29FN4O6S2. The van der Waals surface area contributed by atoms with E-state index in [-0.39, 0.29) is 13.2 Å². The number of amides is 3. The van der Waals surface area contributed by atoms with Gasteiger partial charge in [-0.25, -0.2) is 14.1 Å². The Morgan fingerprint density at radius 3 is 2.24 bits per heavy atom. The van der Waals surface area contributed by atoms with Crippen molar-refractivity contribution >= 4 is 63.9 Å². The number of hydrogen-bond donors (Lipinski definition) is 1. The van der Waals surface area contributed by atoms with Crippen molar-refractivity contribution in [2.24, 2.45) is 5.92 Å². The van der Waals surface area contributed by atoms with Crippen molar-refractivity contribution in [1.82, 2.24) is 4.57 Å². The predicted octanol–water partition coefficient (Wildman–Crippen LogP) is 4.73. The van der Waals surface area contributed by atoms with Gasteiger partial charge in [0, 0.05) is 36.3 Å². The summed E-state index contributed by atoms with van der Waals surface area (Å²) in [5, 5.41) is 2.26. The number of carbonyl (C=O) groups excluding carboxylic acids is 4. The van der Waals surface area contributed by atoms with Gasteiger partial charge in [0.15, 0.2) is 0 Å². The average Bonchev–Trinajstić information content (AvgIpc) is 3.48. The molecule has 2 aliphatic heterocycles. The first-order valence-corrected chi connectivity index (χ1v) is 16.1. The molecule has 0 saturated carbocycles. The Morgan fingerprint density at radius 1 is 0.935 bits per heavy atom. The second-order valence-electron chi connectivity index (χ2n) is 11.0. The van der Waals surface area contributed by atoms with Crippen LogP contribution in [-0.4, -0.2) is 54.2 Å². The van der Waals surface area contributed by atoms with E-state index in [1.807, 2.05) is 43.3 Å². The first-order valence-electron chi connectivity index (χ1n) is 14.4. The number of halogens is 1.